The first-order valence-corrected chi connectivity index (χ1v) is 8.22. The lowest BCUT2D eigenvalue weighted by molar-refractivity contribution is 0.240. The normalized spacial score (nSPS) is 10.2. The van der Waals surface area contributed by atoms with Crippen molar-refractivity contribution in [3.63, 3.8) is 0 Å². The maximum absolute atomic E-state index is 11.9. The number of methoxy groups -OCH3 is 1. The van der Waals surface area contributed by atoms with Gasteiger partial charge in [0.25, 0.3) is 0 Å². The van der Waals surface area contributed by atoms with Gasteiger partial charge in [-0.2, -0.15) is 0 Å². The SMILES string of the molecule is CCOc1ccc(CNC(=O)NCc2scnc2C)cc1OC. The summed E-state index contributed by atoms with van der Waals surface area (Å²) in [6, 6.07) is 5.39. The summed E-state index contributed by atoms with van der Waals surface area (Å²) < 4.78 is 10.8. The average molecular weight is 335 g/mol. The topological polar surface area (TPSA) is 72.5 Å². The van der Waals surface area contributed by atoms with Crippen LogP contribution in [-0.2, 0) is 13.1 Å². The molecule has 6 nitrogen and oxygen atoms in total. The number of benzene rings is 1. The van der Waals surface area contributed by atoms with Crippen LogP contribution in [0, 0.1) is 6.92 Å². The maximum Gasteiger partial charge on any atom is 0.315 e. The van der Waals surface area contributed by atoms with Gasteiger partial charge >= 0.3 is 6.03 Å². The number of thiazole rings is 1. The fourth-order valence-electron chi connectivity index (χ4n) is 2.00. The van der Waals surface area contributed by atoms with Crippen LogP contribution in [0.15, 0.2) is 23.7 Å². The largest absolute Gasteiger partial charge is 0.493 e. The average Bonchev–Trinajstić information content (AvgIpc) is 2.97. The van der Waals surface area contributed by atoms with Gasteiger partial charge in [0.15, 0.2) is 11.5 Å². The Labute approximate surface area is 139 Å². The van der Waals surface area contributed by atoms with Gasteiger partial charge in [0.2, 0.25) is 0 Å². The Hall–Kier alpha value is -2.28. The quantitative estimate of drug-likeness (QED) is 0.816. The third-order valence-electron chi connectivity index (χ3n) is 3.24. The molecule has 0 saturated carbocycles. The van der Waals surface area contributed by atoms with Crippen LogP contribution in [0.2, 0.25) is 0 Å². The van der Waals surface area contributed by atoms with Crippen LogP contribution >= 0.6 is 11.3 Å². The Bertz CT molecular complexity index is 658. The van der Waals surface area contributed by atoms with Crippen LogP contribution in [0.4, 0.5) is 4.79 Å². The highest BCUT2D eigenvalue weighted by molar-refractivity contribution is 7.09. The summed E-state index contributed by atoms with van der Waals surface area (Å²) >= 11 is 1.53. The predicted molar refractivity (Wildman–Crippen MR) is 90.1 cm³/mol. The summed E-state index contributed by atoms with van der Waals surface area (Å²) in [4.78, 5) is 17.1. The van der Waals surface area contributed by atoms with Crippen molar-refractivity contribution in [2.45, 2.75) is 26.9 Å². The van der Waals surface area contributed by atoms with Crippen molar-refractivity contribution in [1.29, 1.82) is 0 Å². The van der Waals surface area contributed by atoms with Crippen molar-refractivity contribution in [1.82, 2.24) is 15.6 Å². The minimum absolute atomic E-state index is 0.217. The van der Waals surface area contributed by atoms with Crippen LogP contribution in [0.25, 0.3) is 0 Å². The molecular formula is C16H21N3O3S. The summed E-state index contributed by atoms with van der Waals surface area (Å²) in [6.45, 7) is 5.32. The molecule has 0 fully saturated rings. The van der Waals surface area contributed by atoms with E-state index in [2.05, 4.69) is 15.6 Å². The highest BCUT2D eigenvalue weighted by Crippen LogP contribution is 2.27. The number of hydrogen-bond donors (Lipinski definition) is 2. The van der Waals surface area contributed by atoms with Gasteiger partial charge in [-0.05, 0) is 31.5 Å². The molecule has 1 aromatic carbocycles. The standard InChI is InChI=1S/C16H21N3O3S/c1-4-22-13-6-5-12(7-14(13)21-3)8-17-16(20)18-9-15-11(2)19-10-23-15/h5-7,10H,4,8-9H2,1-3H3,(H2,17,18,20). The lowest BCUT2D eigenvalue weighted by atomic mass is 10.2. The highest BCUT2D eigenvalue weighted by atomic mass is 32.1. The third kappa shape index (κ3) is 4.85. The van der Waals surface area contributed by atoms with Gasteiger partial charge in [0.1, 0.15) is 0 Å². The zero-order valence-corrected chi connectivity index (χ0v) is 14.3. The lowest BCUT2D eigenvalue weighted by Crippen LogP contribution is -2.34. The number of nitrogens with zero attached hydrogens (tertiary/aromatic N) is 1. The smallest absolute Gasteiger partial charge is 0.315 e. The first-order chi connectivity index (χ1) is 11.1. The first-order valence-electron chi connectivity index (χ1n) is 7.34. The zero-order chi connectivity index (χ0) is 16.7. The highest BCUT2D eigenvalue weighted by Gasteiger charge is 2.07. The lowest BCUT2D eigenvalue weighted by Gasteiger charge is -2.12. The number of aromatic nitrogens is 1. The van der Waals surface area contributed by atoms with Gasteiger partial charge in [0.05, 0.1) is 31.5 Å². The zero-order valence-electron chi connectivity index (χ0n) is 13.5. The monoisotopic (exact) mass is 335 g/mol. The molecule has 0 aliphatic rings. The molecule has 0 aliphatic heterocycles. The van der Waals surface area contributed by atoms with Gasteiger partial charge in [0, 0.05) is 11.4 Å². The molecule has 0 bridgehead atoms. The molecule has 23 heavy (non-hydrogen) atoms. The molecule has 0 atom stereocenters. The van der Waals surface area contributed by atoms with Gasteiger partial charge in [-0.25, -0.2) is 9.78 Å². The number of carbonyl (C=O) groups is 1. The Morgan fingerprint density at radius 1 is 1.26 bits per heavy atom. The fourth-order valence-corrected chi connectivity index (χ4v) is 2.71. The van der Waals surface area contributed by atoms with E-state index in [-0.39, 0.29) is 6.03 Å². The van der Waals surface area contributed by atoms with Crippen molar-refractivity contribution >= 4 is 17.4 Å². The van der Waals surface area contributed by atoms with E-state index in [1.807, 2.05) is 32.0 Å². The van der Waals surface area contributed by atoms with E-state index < -0.39 is 0 Å². The molecule has 0 saturated heterocycles. The second-order valence-corrected chi connectivity index (χ2v) is 5.75. The molecule has 0 radical (unpaired) electrons. The van der Waals surface area contributed by atoms with Gasteiger partial charge in [-0.3, -0.25) is 0 Å². The number of rotatable bonds is 7. The van der Waals surface area contributed by atoms with E-state index >= 15 is 0 Å². The molecular weight excluding hydrogens is 314 g/mol. The summed E-state index contributed by atoms with van der Waals surface area (Å²) in [5.41, 5.74) is 3.66. The van der Waals surface area contributed by atoms with E-state index in [1.165, 1.54) is 11.3 Å². The molecule has 2 N–H and O–H groups in total. The van der Waals surface area contributed by atoms with E-state index in [9.17, 15) is 4.79 Å². The van der Waals surface area contributed by atoms with Crippen LogP contribution in [0.3, 0.4) is 0 Å². The molecule has 2 amide bonds. The van der Waals surface area contributed by atoms with Gasteiger partial charge in [-0.1, -0.05) is 6.07 Å². The van der Waals surface area contributed by atoms with Crippen LogP contribution in [-0.4, -0.2) is 24.7 Å². The minimum Gasteiger partial charge on any atom is -0.493 e. The number of amides is 2. The molecule has 0 aliphatic carbocycles. The molecule has 0 unspecified atom stereocenters. The van der Waals surface area contributed by atoms with Crippen molar-refractivity contribution in [2.75, 3.05) is 13.7 Å². The van der Waals surface area contributed by atoms with Crippen molar-refractivity contribution in [3.8, 4) is 11.5 Å². The number of ether oxygens (including phenoxy) is 2. The first kappa shape index (κ1) is 17.1. The second kappa shape index (κ2) is 8.38. The summed E-state index contributed by atoms with van der Waals surface area (Å²) in [5, 5.41) is 5.64. The second-order valence-electron chi connectivity index (χ2n) is 4.82. The van der Waals surface area contributed by atoms with Gasteiger partial charge < -0.3 is 20.1 Å². The predicted octanol–water partition coefficient (Wildman–Crippen LogP) is 2.86. The van der Waals surface area contributed by atoms with E-state index in [0.717, 1.165) is 16.1 Å². The van der Waals surface area contributed by atoms with Crippen molar-refractivity contribution in [3.05, 3.63) is 39.8 Å². The molecule has 7 heteroatoms. The van der Waals surface area contributed by atoms with E-state index in [1.54, 1.807) is 12.6 Å². The number of carbonyl (C=O) groups excluding carboxylic acids is 1. The molecule has 2 rings (SSSR count). The van der Waals surface area contributed by atoms with Crippen LogP contribution in [0.5, 0.6) is 11.5 Å². The Balaban J connectivity index is 1.85. The van der Waals surface area contributed by atoms with Crippen LogP contribution < -0.4 is 20.1 Å². The van der Waals surface area contributed by atoms with E-state index in [4.69, 9.17) is 9.47 Å². The summed E-state index contributed by atoms with van der Waals surface area (Å²) in [6.07, 6.45) is 0. The van der Waals surface area contributed by atoms with Crippen LogP contribution in [0.1, 0.15) is 23.1 Å². The molecule has 2 aromatic rings. The fraction of sp³-hybridized carbons (Fsp3) is 0.375. The van der Waals surface area contributed by atoms with Crippen molar-refractivity contribution in [2.24, 2.45) is 0 Å². The summed E-state index contributed by atoms with van der Waals surface area (Å²) in [7, 11) is 1.60. The number of nitrogens with one attached hydrogen (secondary N) is 2. The van der Waals surface area contributed by atoms with Crippen molar-refractivity contribution < 1.29 is 14.3 Å². The molecule has 1 aromatic heterocycles. The Morgan fingerprint density at radius 3 is 2.70 bits per heavy atom. The molecule has 124 valence electrons. The van der Waals surface area contributed by atoms with E-state index in [0.29, 0.717) is 31.2 Å². The van der Waals surface area contributed by atoms with Gasteiger partial charge in [-0.15, -0.1) is 11.3 Å². The summed E-state index contributed by atoms with van der Waals surface area (Å²) in [5.74, 6) is 1.36. The number of urea groups is 1. The molecule has 1 heterocycles. The molecule has 0 spiro atoms. The third-order valence-corrected chi connectivity index (χ3v) is 4.17. The number of aryl methyl sites for hydroxylation is 1. The maximum atomic E-state index is 11.9. The Morgan fingerprint density at radius 2 is 2.04 bits per heavy atom. The Kier molecular flexibility index (Phi) is 6.22. The number of hydrogen-bond acceptors (Lipinski definition) is 5. The minimum atomic E-state index is -0.217.